The summed E-state index contributed by atoms with van der Waals surface area (Å²) in [5, 5.41) is 21.5. The molecule has 0 aliphatic heterocycles. The smallest absolute Gasteiger partial charge is 0.330 e. The van der Waals surface area contributed by atoms with Gasteiger partial charge in [-0.1, -0.05) is 13.3 Å². The minimum atomic E-state index is -0.950. The van der Waals surface area contributed by atoms with E-state index < -0.39 is 33.3 Å². The van der Waals surface area contributed by atoms with E-state index in [1.807, 2.05) is 6.92 Å². The summed E-state index contributed by atoms with van der Waals surface area (Å²) in [7, 11) is 0. The lowest BCUT2D eigenvalue weighted by atomic mass is 10.1. The highest BCUT2D eigenvalue weighted by Gasteiger charge is 2.31. The van der Waals surface area contributed by atoms with Crippen molar-refractivity contribution in [3.63, 3.8) is 0 Å². The molecule has 1 amide bonds. The van der Waals surface area contributed by atoms with Gasteiger partial charge in [-0.25, -0.2) is 4.57 Å². The van der Waals surface area contributed by atoms with Crippen LogP contribution in [0.2, 0.25) is 0 Å². The highest BCUT2D eigenvalue weighted by molar-refractivity contribution is 5.79. The Morgan fingerprint density at radius 2 is 2.05 bits per heavy atom. The van der Waals surface area contributed by atoms with Crippen molar-refractivity contribution < 1.29 is 14.6 Å². The minimum Gasteiger partial charge on any atom is -0.366 e. The second-order valence-electron chi connectivity index (χ2n) is 4.04. The number of carbonyl (C=O) groups excluding carboxylic acids is 1. The van der Waals surface area contributed by atoms with Crippen molar-refractivity contribution >= 4 is 17.4 Å². The minimum absolute atomic E-state index is 0.304. The van der Waals surface area contributed by atoms with Gasteiger partial charge in [-0.3, -0.25) is 14.9 Å². The molecule has 1 rings (SSSR count). The number of primary amides is 1. The number of nitro groups is 2. The highest BCUT2D eigenvalue weighted by atomic mass is 16.6. The zero-order valence-electron chi connectivity index (χ0n) is 10.3. The van der Waals surface area contributed by atoms with Crippen LogP contribution in [0.5, 0.6) is 0 Å². The number of hydrogen-bond donors (Lipinski definition) is 1. The predicted octanol–water partition coefficient (Wildman–Crippen LogP) is 1.52. The molecular formula is C10H14N4O5. The van der Waals surface area contributed by atoms with E-state index in [9.17, 15) is 25.0 Å². The number of hydrogen-bond acceptors (Lipinski definition) is 5. The lowest BCUT2D eigenvalue weighted by Crippen LogP contribution is -2.26. The van der Waals surface area contributed by atoms with Crippen LogP contribution in [-0.4, -0.2) is 20.3 Å². The molecule has 104 valence electrons. The van der Waals surface area contributed by atoms with Gasteiger partial charge in [0.05, 0.1) is 4.92 Å². The van der Waals surface area contributed by atoms with E-state index in [0.717, 1.165) is 23.3 Å². The topological polar surface area (TPSA) is 134 Å². The monoisotopic (exact) mass is 270 g/mol. The summed E-state index contributed by atoms with van der Waals surface area (Å²) in [6, 6.07) is -0.129. The van der Waals surface area contributed by atoms with Crippen molar-refractivity contribution in [2.24, 2.45) is 5.73 Å². The summed E-state index contributed by atoms with van der Waals surface area (Å²) < 4.78 is 0.968. The van der Waals surface area contributed by atoms with Crippen LogP contribution in [0, 0.1) is 20.2 Å². The number of nitrogens with zero attached hydrogens (tertiary/aromatic N) is 3. The zero-order valence-corrected chi connectivity index (χ0v) is 10.3. The molecule has 1 heterocycles. The molecule has 0 spiro atoms. The molecule has 2 N–H and O–H groups in total. The largest absolute Gasteiger partial charge is 0.366 e. The fourth-order valence-corrected chi connectivity index (χ4v) is 1.77. The average molecular weight is 270 g/mol. The quantitative estimate of drug-likeness (QED) is 0.592. The third-order valence-electron chi connectivity index (χ3n) is 2.71. The van der Waals surface area contributed by atoms with E-state index in [-0.39, 0.29) is 0 Å². The molecule has 0 aliphatic carbocycles. The Balaban J connectivity index is 3.23. The van der Waals surface area contributed by atoms with Gasteiger partial charge in [0.2, 0.25) is 0 Å². The number of aromatic nitrogens is 1. The van der Waals surface area contributed by atoms with Gasteiger partial charge in [-0.05, 0) is 17.8 Å². The average Bonchev–Trinajstić information content (AvgIpc) is 2.74. The maximum Gasteiger partial charge on any atom is 0.330 e. The van der Waals surface area contributed by atoms with E-state index >= 15 is 0 Å². The zero-order chi connectivity index (χ0) is 14.6. The fourth-order valence-electron chi connectivity index (χ4n) is 1.77. The SMILES string of the molecule is CCCCC(C(N)=O)n1cc([N+](=O)[O-])cc1[N+](=O)[O-]. The maximum absolute atomic E-state index is 11.4. The summed E-state index contributed by atoms with van der Waals surface area (Å²) in [5.41, 5.74) is 4.78. The molecule has 0 bridgehead atoms. The fraction of sp³-hybridized carbons (Fsp3) is 0.500. The van der Waals surface area contributed by atoms with Gasteiger partial charge in [0, 0.05) is 0 Å². The Bertz CT molecular complexity index is 510. The Labute approximate surface area is 108 Å². The standard InChI is InChI=1S/C10H14N4O5/c1-2-3-4-8(10(11)15)12-6-7(13(16)17)5-9(12)14(18)19/h5-6,8H,2-4H2,1H3,(H2,11,15). The van der Waals surface area contributed by atoms with Gasteiger partial charge in [0.25, 0.3) is 5.91 Å². The first-order chi connectivity index (χ1) is 8.88. The van der Waals surface area contributed by atoms with Crippen molar-refractivity contribution in [2.75, 3.05) is 0 Å². The van der Waals surface area contributed by atoms with Gasteiger partial charge in [-0.15, -0.1) is 0 Å². The van der Waals surface area contributed by atoms with E-state index in [2.05, 4.69) is 0 Å². The third-order valence-corrected chi connectivity index (χ3v) is 2.71. The Morgan fingerprint density at radius 3 is 2.47 bits per heavy atom. The lowest BCUT2D eigenvalue weighted by Gasteiger charge is -2.11. The molecule has 9 nitrogen and oxygen atoms in total. The normalized spacial score (nSPS) is 12.1. The number of rotatable bonds is 7. The molecule has 1 unspecified atom stereocenters. The first-order valence-corrected chi connectivity index (χ1v) is 5.68. The van der Waals surface area contributed by atoms with Crippen molar-refractivity contribution in [2.45, 2.75) is 32.2 Å². The van der Waals surface area contributed by atoms with Crippen LogP contribution < -0.4 is 5.73 Å². The van der Waals surface area contributed by atoms with Gasteiger partial charge in [-0.2, -0.15) is 0 Å². The molecule has 0 saturated heterocycles. The van der Waals surface area contributed by atoms with Gasteiger partial charge in [0.15, 0.2) is 12.2 Å². The molecule has 0 aromatic carbocycles. The van der Waals surface area contributed by atoms with Crippen molar-refractivity contribution in [3.8, 4) is 0 Å². The number of unbranched alkanes of at least 4 members (excludes halogenated alkanes) is 1. The summed E-state index contributed by atoms with van der Waals surface area (Å²) in [6.45, 7) is 1.89. The van der Waals surface area contributed by atoms with Gasteiger partial charge < -0.3 is 15.8 Å². The molecule has 0 radical (unpaired) electrons. The van der Waals surface area contributed by atoms with Crippen LogP contribution in [0.15, 0.2) is 12.3 Å². The van der Waals surface area contributed by atoms with Crippen molar-refractivity contribution in [1.29, 1.82) is 0 Å². The molecule has 9 heteroatoms. The van der Waals surface area contributed by atoms with Crippen LogP contribution >= 0.6 is 0 Å². The molecule has 1 aromatic rings. The Kier molecular flexibility index (Phi) is 4.56. The summed E-state index contributed by atoms with van der Waals surface area (Å²) in [6.07, 6.45) is 2.69. The third kappa shape index (κ3) is 3.27. The second-order valence-corrected chi connectivity index (χ2v) is 4.04. The molecule has 19 heavy (non-hydrogen) atoms. The van der Waals surface area contributed by atoms with E-state index in [0.29, 0.717) is 12.8 Å². The van der Waals surface area contributed by atoms with Crippen LogP contribution in [0.3, 0.4) is 0 Å². The van der Waals surface area contributed by atoms with E-state index in [4.69, 9.17) is 5.73 Å². The molecule has 1 atom stereocenters. The number of nitrogens with two attached hydrogens (primary N) is 1. The summed E-state index contributed by atoms with van der Waals surface area (Å²) in [5.74, 6) is -1.26. The van der Waals surface area contributed by atoms with E-state index in [1.54, 1.807) is 0 Å². The molecule has 0 aliphatic rings. The molecule has 0 saturated carbocycles. The van der Waals surface area contributed by atoms with Crippen molar-refractivity contribution in [3.05, 3.63) is 32.5 Å². The van der Waals surface area contributed by atoms with Crippen LogP contribution in [0.4, 0.5) is 11.5 Å². The first-order valence-electron chi connectivity index (χ1n) is 5.68. The first kappa shape index (κ1) is 14.6. The van der Waals surface area contributed by atoms with Gasteiger partial charge >= 0.3 is 11.5 Å². The van der Waals surface area contributed by atoms with Crippen LogP contribution in [-0.2, 0) is 4.79 Å². The summed E-state index contributed by atoms with van der Waals surface area (Å²) >= 11 is 0. The molecule has 0 fully saturated rings. The maximum atomic E-state index is 11.4. The highest BCUT2D eigenvalue weighted by Crippen LogP contribution is 2.28. The predicted molar refractivity (Wildman–Crippen MR) is 65.5 cm³/mol. The second kappa shape index (κ2) is 5.94. The molecule has 1 aromatic heterocycles. The number of carbonyl (C=O) groups is 1. The molecular weight excluding hydrogens is 256 g/mol. The van der Waals surface area contributed by atoms with E-state index in [1.165, 1.54) is 0 Å². The lowest BCUT2D eigenvalue weighted by molar-refractivity contribution is -0.395. The van der Waals surface area contributed by atoms with Crippen molar-refractivity contribution in [1.82, 2.24) is 4.57 Å². The van der Waals surface area contributed by atoms with Crippen LogP contribution in [0.1, 0.15) is 32.2 Å². The van der Waals surface area contributed by atoms with Crippen LogP contribution in [0.25, 0.3) is 0 Å². The number of amides is 1. The summed E-state index contributed by atoms with van der Waals surface area (Å²) in [4.78, 5) is 31.4. The van der Waals surface area contributed by atoms with Gasteiger partial charge in [0.1, 0.15) is 6.07 Å². The Hall–Kier alpha value is -2.45. The Morgan fingerprint density at radius 1 is 1.42 bits per heavy atom.